The van der Waals surface area contributed by atoms with Crippen molar-refractivity contribution < 1.29 is 23.1 Å². The molecule has 0 bridgehead atoms. The summed E-state index contributed by atoms with van der Waals surface area (Å²) in [6, 6.07) is -0.00234. The Balaban J connectivity index is 2.25. The molecule has 0 aromatic rings. The summed E-state index contributed by atoms with van der Waals surface area (Å²) in [6.45, 7) is 0. The lowest BCUT2D eigenvalue weighted by Gasteiger charge is -2.01. The summed E-state index contributed by atoms with van der Waals surface area (Å²) >= 11 is 0. The van der Waals surface area contributed by atoms with Crippen LogP contribution in [0.4, 0.5) is 0 Å². The quantitative estimate of drug-likeness (QED) is 0.662. The highest BCUT2D eigenvalue weighted by Gasteiger charge is 2.35. The van der Waals surface area contributed by atoms with Gasteiger partial charge in [-0.05, 0) is 18.9 Å². The van der Waals surface area contributed by atoms with E-state index < -0.39 is 32.5 Å². The van der Waals surface area contributed by atoms with Crippen LogP contribution in [0.1, 0.15) is 12.8 Å². The van der Waals surface area contributed by atoms with Crippen molar-refractivity contribution in [2.24, 2.45) is 4.40 Å². The number of hydrogen-bond donors (Lipinski definition) is 2. The maximum Gasteiger partial charge on any atom is 0.355 e. The topological polar surface area (TPSA) is 113 Å². The normalized spacial score (nSPS) is 22.2. The Morgan fingerprint density at radius 3 is 2.50 bits per heavy atom. The van der Waals surface area contributed by atoms with Crippen LogP contribution in [-0.4, -0.2) is 37.2 Å². The molecule has 1 amide bonds. The Hall–Kier alpha value is -1.70. The summed E-state index contributed by atoms with van der Waals surface area (Å²) in [7, 11) is -4.14. The molecule has 2 rings (SSSR count). The minimum absolute atomic E-state index is 0.00234. The fourth-order valence-electron chi connectivity index (χ4n) is 1.17. The van der Waals surface area contributed by atoms with Crippen LogP contribution in [0.15, 0.2) is 15.4 Å². The van der Waals surface area contributed by atoms with E-state index in [4.69, 9.17) is 5.11 Å². The number of nitrogens with zero attached hydrogens (tertiary/aromatic N) is 1. The Labute approximate surface area is 90.9 Å². The van der Waals surface area contributed by atoms with Crippen LogP contribution >= 0.6 is 0 Å². The van der Waals surface area contributed by atoms with Gasteiger partial charge in [0.25, 0.3) is 15.9 Å². The third-order valence-corrected chi connectivity index (χ3v) is 3.42. The van der Waals surface area contributed by atoms with Crippen LogP contribution in [0.2, 0.25) is 0 Å². The standard InChI is InChI=1S/C8H8N2O5S/c11-7(9-4-1-2-4)6-3-5(8(12)13)10-16(6,14)15/h3-4H,1-2H2,(H,9,11)(H,12,13). The van der Waals surface area contributed by atoms with Crippen LogP contribution < -0.4 is 5.32 Å². The van der Waals surface area contributed by atoms with Crippen LogP contribution in [-0.2, 0) is 19.6 Å². The Bertz CT molecular complexity index is 527. The molecule has 86 valence electrons. The van der Waals surface area contributed by atoms with E-state index in [-0.39, 0.29) is 6.04 Å². The summed E-state index contributed by atoms with van der Waals surface area (Å²) < 4.78 is 25.7. The van der Waals surface area contributed by atoms with Crippen molar-refractivity contribution in [3.63, 3.8) is 0 Å². The molecule has 2 N–H and O–H groups in total. The maximum absolute atomic E-state index is 11.5. The first kappa shape index (κ1) is 10.8. The SMILES string of the molecule is O=C(O)C1=NS(=O)(=O)C(C(=O)NC2CC2)=C1. The fourth-order valence-corrected chi connectivity index (χ4v) is 2.21. The molecule has 0 atom stereocenters. The van der Waals surface area contributed by atoms with Crippen LogP contribution in [0.3, 0.4) is 0 Å². The van der Waals surface area contributed by atoms with Gasteiger partial charge in [-0.2, -0.15) is 12.8 Å². The Morgan fingerprint density at radius 2 is 2.06 bits per heavy atom. The number of hydrogen-bond acceptors (Lipinski definition) is 4. The molecule has 0 spiro atoms. The first-order valence-corrected chi connectivity index (χ1v) is 5.95. The van der Waals surface area contributed by atoms with Gasteiger partial charge in [-0.1, -0.05) is 0 Å². The fraction of sp³-hybridized carbons (Fsp3) is 0.375. The highest BCUT2D eigenvalue weighted by atomic mass is 32.2. The van der Waals surface area contributed by atoms with E-state index >= 15 is 0 Å². The van der Waals surface area contributed by atoms with E-state index in [1.165, 1.54) is 0 Å². The van der Waals surface area contributed by atoms with Gasteiger partial charge in [0.2, 0.25) is 0 Å². The smallest absolute Gasteiger partial charge is 0.355 e. The molecule has 8 heteroatoms. The average Bonchev–Trinajstić information content (AvgIpc) is 2.88. The summed E-state index contributed by atoms with van der Waals surface area (Å²) in [5, 5.41) is 11.0. The lowest BCUT2D eigenvalue weighted by Crippen LogP contribution is -2.28. The zero-order chi connectivity index (χ0) is 11.9. The van der Waals surface area contributed by atoms with Crippen molar-refractivity contribution in [1.29, 1.82) is 0 Å². The van der Waals surface area contributed by atoms with Crippen LogP contribution in [0.25, 0.3) is 0 Å². The molecule has 0 aromatic heterocycles. The van der Waals surface area contributed by atoms with Gasteiger partial charge in [-0.15, -0.1) is 0 Å². The number of nitrogens with one attached hydrogen (secondary N) is 1. The minimum Gasteiger partial charge on any atom is -0.476 e. The molecule has 2 aliphatic rings. The average molecular weight is 244 g/mol. The number of rotatable bonds is 3. The second-order valence-corrected chi connectivity index (χ2v) is 5.09. The van der Waals surface area contributed by atoms with Gasteiger partial charge >= 0.3 is 5.97 Å². The first-order chi connectivity index (χ1) is 7.40. The number of carbonyl (C=O) groups is 2. The number of carboxylic acid groups (broad SMARTS) is 1. The number of aliphatic carboxylic acids is 1. The van der Waals surface area contributed by atoms with E-state index in [0.29, 0.717) is 0 Å². The minimum atomic E-state index is -4.14. The Kier molecular flexibility index (Phi) is 2.30. The Morgan fingerprint density at radius 1 is 1.44 bits per heavy atom. The molecule has 1 saturated carbocycles. The van der Waals surface area contributed by atoms with E-state index in [9.17, 15) is 18.0 Å². The summed E-state index contributed by atoms with van der Waals surface area (Å²) in [4.78, 5) is 21.4. The zero-order valence-corrected chi connectivity index (χ0v) is 8.82. The number of amides is 1. The summed E-state index contributed by atoms with van der Waals surface area (Å²) in [6.07, 6.45) is 2.40. The lowest BCUT2D eigenvalue weighted by atomic mass is 10.3. The van der Waals surface area contributed by atoms with Gasteiger partial charge in [0, 0.05) is 6.04 Å². The highest BCUT2D eigenvalue weighted by Crippen LogP contribution is 2.22. The van der Waals surface area contributed by atoms with Gasteiger partial charge < -0.3 is 10.4 Å². The van der Waals surface area contributed by atoms with E-state index in [2.05, 4.69) is 9.71 Å². The molecule has 0 saturated heterocycles. The second kappa shape index (κ2) is 3.41. The van der Waals surface area contributed by atoms with Crippen molar-refractivity contribution in [1.82, 2.24) is 5.32 Å². The molecule has 0 aromatic carbocycles. The first-order valence-electron chi connectivity index (χ1n) is 4.51. The molecule has 1 aliphatic heterocycles. The van der Waals surface area contributed by atoms with Crippen LogP contribution in [0.5, 0.6) is 0 Å². The van der Waals surface area contributed by atoms with Gasteiger partial charge in [0.15, 0.2) is 10.6 Å². The van der Waals surface area contributed by atoms with E-state index in [1.807, 2.05) is 0 Å². The number of carbonyl (C=O) groups excluding carboxylic acids is 1. The number of sulfonamides is 1. The highest BCUT2D eigenvalue weighted by molar-refractivity contribution is 7.95. The zero-order valence-electron chi connectivity index (χ0n) is 8.00. The third-order valence-electron chi connectivity index (χ3n) is 2.12. The molecular formula is C8H8N2O5S. The second-order valence-electron chi connectivity index (χ2n) is 3.51. The van der Waals surface area contributed by atoms with E-state index in [1.54, 1.807) is 0 Å². The van der Waals surface area contributed by atoms with Crippen molar-refractivity contribution >= 4 is 27.6 Å². The molecule has 1 aliphatic carbocycles. The number of carboxylic acids is 1. The van der Waals surface area contributed by atoms with Gasteiger partial charge in [-0.3, -0.25) is 4.79 Å². The molecule has 0 unspecified atom stereocenters. The maximum atomic E-state index is 11.5. The van der Waals surface area contributed by atoms with Gasteiger partial charge in [-0.25, -0.2) is 4.79 Å². The molecule has 1 fully saturated rings. The van der Waals surface area contributed by atoms with Crippen molar-refractivity contribution in [3.8, 4) is 0 Å². The van der Waals surface area contributed by atoms with Gasteiger partial charge in [0.1, 0.15) is 0 Å². The predicted octanol–water partition coefficient (Wildman–Crippen LogP) is -0.982. The monoisotopic (exact) mass is 244 g/mol. The molecular weight excluding hydrogens is 236 g/mol. The third kappa shape index (κ3) is 1.96. The molecule has 0 radical (unpaired) electrons. The van der Waals surface area contributed by atoms with Gasteiger partial charge in [0.05, 0.1) is 0 Å². The van der Waals surface area contributed by atoms with Crippen LogP contribution in [0, 0.1) is 0 Å². The summed E-state index contributed by atoms with van der Waals surface area (Å²) in [5.41, 5.74) is -0.638. The molecule has 7 nitrogen and oxygen atoms in total. The largest absolute Gasteiger partial charge is 0.476 e. The molecule has 1 heterocycles. The van der Waals surface area contributed by atoms with E-state index in [0.717, 1.165) is 18.9 Å². The lowest BCUT2D eigenvalue weighted by molar-refractivity contribution is -0.129. The predicted molar refractivity (Wildman–Crippen MR) is 53.2 cm³/mol. The molecule has 16 heavy (non-hydrogen) atoms. The van der Waals surface area contributed by atoms with Crippen molar-refractivity contribution in [2.75, 3.05) is 0 Å². The van der Waals surface area contributed by atoms with Crippen molar-refractivity contribution in [3.05, 3.63) is 11.0 Å². The summed E-state index contributed by atoms with van der Waals surface area (Å²) in [5.74, 6) is -2.26. The van der Waals surface area contributed by atoms with Crippen molar-refractivity contribution in [2.45, 2.75) is 18.9 Å².